The van der Waals surface area contributed by atoms with Gasteiger partial charge in [-0.05, 0) is 43.3 Å². The second kappa shape index (κ2) is 6.23. The van der Waals surface area contributed by atoms with E-state index >= 15 is 0 Å². The van der Waals surface area contributed by atoms with Crippen molar-refractivity contribution < 1.29 is 18.7 Å². The fourth-order valence-electron chi connectivity index (χ4n) is 2.07. The van der Waals surface area contributed by atoms with E-state index in [1.807, 2.05) is 25.1 Å². The maximum absolute atomic E-state index is 12.2. The van der Waals surface area contributed by atoms with Crippen LogP contribution in [0.1, 0.15) is 17.5 Å². The molecule has 5 heteroatoms. The predicted molar refractivity (Wildman–Crippen MR) is 86.5 cm³/mol. The first-order valence-corrected chi connectivity index (χ1v) is 7.60. The van der Waals surface area contributed by atoms with Crippen molar-refractivity contribution in [2.75, 3.05) is 6.61 Å². The number of carbonyl (C=O) groups excluding carboxylic acids is 1. The number of halogens is 1. The van der Waals surface area contributed by atoms with Crippen molar-refractivity contribution in [1.82, 2.24) is 0 Å². The van der Waals surface area contributed by atoms with E-state index in [-0.39, 0.29) is 5.76 Å². The molecule has 22 heavy (non-hydrogen) atoms. The number of benzene rings is 2. The van der Waals surface area contributed by atoms with Crippen molar-refractivity contribution in [3.63, 3.8) is 0 Å². The van der Waals surface area contributed by atoms with Gasteiger partial charge in [0.2, 0.25) is 5.76 Å². The van der Waals surface area contributed by atoms with Crippen LogP contribution < -0.4 is 9.47 Å². The first-order valence-electron chi connectivity index (χ1n) is 6.80. The van der Waals surface area contributed by atoms with Crippen LogP contribution in [0.5, 0.6) is 11.5 Å². The summed E-state index contributed by atoms with van der Waals surface area (Å²) in [6, 6.07) is 14.2. The summed E-state index contributed by atoms with van der Waals surface area (Å²) in [4.78, 5) is 12.2. The first kappa shape index (κ1) is 14.7. The zero-order valence-corrected chi connectivity index (χ0v) is 13.4. The van der Waals surface area contributed by atoms with Gasteiger partial charge in [-0.15, -0.1) is 0 Å². The topological polar surface area (TPSA) is 48.7 Å². The summed E-state index contributed by atoms with van der Waals surface area (Å²) in [7, 11) is 0. The molecule has 2 aromatic carbocycles. The Balaban J connectivity index is 1.87. The van der Waals surface area contributed by atoms with Gasteiger partial charge in [-0.2, -0.15) is 0 Å². The quantitative estimate of drug-likeness (QED) is 0.494. The Morgan fingerprint density at radius 3 is 2.68 bits per heavy atom. The summed E-state index contributed by atoms with van der Waals surface area (Å²) in [6.45, 7) is 2.36. The molecule has 0 N–H and O–H groups in total. The van der Waals surface area contributed by atoms with E-state index in [1.165, 1.54) is 0 Å². The van der Waals surface area contributed by atoms with Gasteiger partial charge in [0.05, 0.1) is 6.61 Å². The third-order valence-corrected chi connectivity index (χ3v) is 3.52. The van der Waals surface area contributed by atoms with Crippen LogP contribution in [0, 0.1) is 0 Å². The highest BCUT2D eigenvalue weighted by Crippen LogP contribution is 2.28. The smallest absolute Gasteiger partial charge is 0.379 e. The lowest BCUT2D eigenvalue weighted by molar-refractivity contribution is 0.0697. The summed E-state index contributed by atoms with van der Waals surface area (Å²) in [5.74, 6) is 0.493. The van der Waals surface area contributed by atoms with Gasteiger partial charge in [0, 0.05) is 9.86 Å². The Bertz CT molecular complexity index is 822. The summed E-state index contributed by atoms with van der Waals surface area (Å²) >= 11 is 3.38. The molecular weight excluding hydrogens is 348 g/mol. The monoisotopic (exact) mass is 360 g/mol. The van der Waals surface area contributed by atoms with Crippen LogP contribution in [-0.4, -0.2) is 12.6 Å². The molecule has 0 saturated heterocycles. The lowest BCUT2D eigenvalue weighted by Crippen LogP contribution is -2.08. The molecule has 0 aliphatic rings. The van der Waals surface area contributed by atoms with E-state index in [0.29, 0.717) is 23.7 Å². The van der Waals surface area contributed by atoms with E-state index in [0.717, 1.165) is 9.86 Å². The molecule has 0 unspecified atom stereocenters. The number of rotatable bonds is 4. The van der Waals surface area contributed by atoms with Gasteiger partial charge >= 0.3 is 5.97 Å². The minimum Gasteiger partial charge on any atom is -0.490 e. The van der Waals surface area contributed by atoms with E-state index in [9.17, 15) is 4.79 Å². The van der Waals surface area contributed by atoms with Crippen LogP contribution in [0.15, 0.2) is 57.4 Å². The van der Waals surface area contributed by atoms with Crippen molar-refractivity contribution in [3.05, 3.63) is 58.8 Å². The van der Waals surface area contributed by atoms with Gasteiger partial charge in [-0.25, -0.2) is 4.79 Å². The Kier molecular flexibility index (Phi) is 4.15. The van der Waals surface area contributed by atoms with Crippen LogP contribution in [0.3, 0.4) is 0 Å². The summed E-state index contributed by atoms with van der Waals surface area (Å²) in [6.07, 6.45) is 0. The summed E-state index contributed by atoms with van der Waals surface area (Å²) < 4.78 is 17.2. The molecule has 4 nitrogen and oxygen atoms in total. The zero-order chi connectivity index (χ0) is 15.5. The number of para-hydroxylation sites is 2. The summed E-state index contributed by atoms with van der Waals surface area (Å²) in [5, 5.41) is 0.833. The molecule has 0 aliphatic heterocycles. The van der Waals surface area contributed by atoms with Gasteiger partial charge in [-0.3, -0.25) is 0 Å². The number of fused-ring (bicyclic) bond motifs is 1. The number of carbonyl (C=O) groups is 1. The molecule has 0 radical (unpaired) electrons. The average molecular weight is 361 g/mol. The van der Waals surface area contributed by atoms with Crippen LogP contribution in [0.4, 0.5) is 0 Å². The largest absolute Gasteiger partial charge is 0.490 e. The van der Waals surface area contributed by atoms with Gasteiger partial charge < -0.3 is 13.9 Å². The molecule has 0 fully saturated rings. The fraction of sp³-hybridized carbons (Fsp3) is 0.118. The minimum absolute atomic E-state index is 0.152. The van der Waals surface area contributed by atoms with Crippen LogP contribution in [-0.2, 0) is 0 Å². The van der Waals surface area contributed by atoms with Crippen molar-refractivity contribution in [2.24, 2.45) is 0 Å². The second-order valence-corrected chi connectivity index (χ2v) is 5.48. The van der Waals surface area contributed by atoms with Crippen molar-refractivity contribution in [2.45, 2.75) is 6.92 Å². The van der Waals surface area contributed by atoms with Crippen LogP contribution in [0.2, 0.25) is 0 Å². The maximum Gasteiger partial charge on any atom is 0.379 e. The highest BCUT2D eigenvalue weighted by Gasteiger charge is 2.17. The van der Waals surface area contributed by atoms with E-state index < -0.39 is 5.97 Å². The van der Waals surface area contributed by atoms with Gasteiger partial charge in [-0.1, -0.05) is 28.1 Å². The van der Waals surface area contributed by atoms with Gasteiger partial charge in [0.15, 0.2) is 11.5 Å². The zero-order valence-electron chi connectivity index (χ0n) is 11.8. The summed E-state index contributed by atoms with van der Waals surface area (Å²) in [5.41, 5.74) is 0.633. The Labute approximate surface area is 135 Å². The van der Waals surface area contributed by atoms with Crippen molar-refractivity contribution in [3.8, 4) is 11.5 Å². The molecule has 3 rings (SSSR count). The van der Waals surface area contributed by atoms with Gasteiger partial charge in [0.25, 0.3) is 0 Å². The van der Waals surface area contributed by atoms with E-state index in [4.69, 9.17) is 13.9 Å². The SMILES string of the molecule is CCOc1ccccc1OC(=O)c1cc2cc(Br)ccc2o1. The van der Waals surface area contributed by atoms with Gasteiger partial charge in [0.1, 0.15) is 5.58 Å². The molecule has 0 bridgehead atoms. The molecule has 3 aromatic rings. The Morgan fingerprint density at radius 1 is 1.14 bits per heavy atom. The molecular formula is C17H13BrO4. The third kappa shape index (κ3) is 2.99. The highest BCUT2D eigenvalue weighted by atomic mass is 79.9. The number of hydrogen-bond donors (Lipinski definition) is 0. The maximum atomic E-state index is 12.2. The molecule has 0 saturated carbocycles. The number of hydrogen-bond acceptors (Lipinski definition) is 4. The van der Waals surface area contributed by atoms with Crippen LogP contribution >= 0.6 is 15.9 Å². The molecule has 1 heterocycles. The van der Waals surface area contributed by atoms with E-state index in [2.05, 4.69) is 15.9 Å². The molecule has 1 aromatic heterocycles. The lowest BCUT2D eigenvalue weighted by Gasteiger charge is -2.08. The van der Waals surface area contributed by atoms with Crippen molar-refractivity contribution >= 4 is 32.9 Å². The fourth-order valence-corrected chi connectivity index (χ4v) is 2.45. The second-order valence-electron chi connectivity index (χ2n) is 4.56. The molecule has 112 valence electrons. The number of furan rings is 1. The third-order valence-electron chi connectivity index (χ3n) is 3.03. The first-order chi connectivity index (χ1) is 10.7. The molecule has 0 aliphatic carbocycles. The Hall–Kier alpha value is -2.27. The minimum atomic E-state index is -0.556. The lowest BCUT2D eigenvalue weighted by atomic mass is 10.2. The normalized spacial score (nSPS) is 10.6. The molecule has 0 spiro atoms. The predicted octanol–water partition coefficient (Wildman–Crippen LogP) is 4.81. The number of esters is 1. The van der Waals surface area contributed by atoms with Crippen LogP contribution in [0.25, 0.3) is 11.0 Å². The van der Waals surface area contributed by atoms with E-state index in [1.54, 1.807) is 30.3 Å². The average Bonchev–Trinajstić information content (AvgIpc) is 2.92. The Morgan fingerprint density at radius 2 is 1.91 bits per heavy atom. The highest BCUT2D eigenvalue weighted by molar-refractivity contribution is 9.10. The molecule has 0 atom stereocenters. The van der Waals surface area contributed by atoms with Crippen molar-refractivity contribution in [1.29, 1.82) is 0 Å². The number of ether oxygens (including phenoxy) is 2. The molecule has 0 amide bonds. The standard InChI is InChI=1S/C17H13BrO4/c1-2-20-14-5-3-4-6-15(14)22-17(19)16-10-11-9-12(18)7-8-13(11)21-16/h3-10H,2H2,1H3.